The average Bonchev–Trinajstić information content (AvgIpc) is 2.65. The van der Waals surface area contributed by atoms with Gasteiger partial charge in [-0.3, -0.25) is 4.68 Å². The fraction of sp³-hybridized carbons (Fsp3) is 0.818. The zero-order valence-electron chi connectivity index (χ0n) is 10.1. The van der Waals surface area contributed by atoms with E-state index in [1.54, 1.807) is 6.33 Å². The molecular formula is C11H21N3O. The van der Waals surface area contributed by atoms with Gasteiger partial charge in [0, 0.05) is 13.0 Å². The van der Waals surface area contributed by atoms with Gasteiger partial charge in [0.1, 0.15) is 12.2 Å². The first kappa shape index (κ1) is 12.2. The lowest BCUT2D eigenvalue weighted by atomic mass is 9.82. The van der Waals surface area contributed by atoms with Gasteiger partial charge < -0.3 is 5.11 Å². The first-order valence-electron chi connectivity index (χ1n) is 5.56. The zero-order valence-corrected chi connectivity index (χ0v) is 10.1. The predicted octanol–water partition coefficient (Wildman–Crippen LogP) is 1.64. The second-order valence-corrected chi connectivity index (χ2v) is 4.55. The maximum atomic E-state index is 10.1. The Morgan fingerprint density at radius 2 is 2.13 bits per heavy atom. The van der Waals surface area contributed by atoms with Gasteiger partial charge in [-0.2, -0.15) is 5.10 Å². The number of aliphatic hydroxyl groups excluding tert-OH is 1. The molecule has 0 amide bonds. The highest BCUT2D eigenvalue weighted by atomic mass is 16.3. The van der Waals surface area contributed by atoms with Crippen LogP contribution in [0.1, 0.15) is 39.9 Å². The summed E-state index contributed by atoms with van der Waals surface area (Å²) < 4.78 is 1.83. The van der Waals surface area contributed by atoms with Gasteiger partial charge in [-0.25, -0.2) is 4.98 Å². The molecular weight excluding hydrogens is 190 g/mol. The van der Waals surface area contributed by atoms with Gasteiger partial charge in [-0.1, -0.05) is 20.8 Å². The molecule has 0 spiro atoms. The van der Waals surface area contributed by atoms with Crippen LogP contribution in [0.3, 0.4) is 0 Å². The number of aliphatic hydroxyl groups is 1. The Morgan fingerprint density at radius 3 is 2.67 bits per heavy atom. The molecule has 1 aromatic rings. The van der Waals surface area contributed by atoms with Gasteiger partial charge in [-0.05, 0) is 18.8 Å². The summed E-state index contributed by atoms with van der Waals surface area (Å²) in [5.41, 5.74) is -0.0650. The zero-order chi connectivity index (χ0) is 11.5. The third-order valence-electron chi connectivity index (χ3n) is 3.18. The minimum absolute atomic E-state index is 0.0650. The van der Waals surface area contributed by atoms with Gasteiger partial charge in [0.15, 0.2) is 0 Å². The van der Waals surface area contributed by atoms with Crippen LogP contribution >= 0.6 is 0 Å². The lowest BCUT2D eigenvalue weighted by Crippen LogP contribution is -2.31. The predicted molar refractivity (Wildman–Crippen MR) is 59.5 cm³/mol. The lowest BCUT2D eigenvalue weighted by Gasteiger charge is -2.28. The minimum Gasteiger partial charge on any atom is -0.392 e. The van der Waals surface area contributed by atoms with Crippen molar-refractivity contribution >= 4 is 0 Å². The third-order valence-corrected chi connectivity index (χ3v) is 3.18. The van der Waals surface area contributed by atoms with E-state index in [4.69, 9.17) is 0 Å². The van der Waals surface area contributed by atoms with Crippen LogP contribution in [0.2, 0.25) is 0 Å². The molecule has 15 heavy (non-hydrogen) atoms. The second kappa shape index (κ2) is 4.75. The van der Waals surface area contributed by atoms with Gasteiger partial charge >= 0.3 is 0 Å². The van der Waals surface area contributed by atoms with Crippen molar-refractivity contribution < 1.29 is 5.11 Å². The molecule has 4 nitrogen and oxygen atoms in total. The average molecular weight is 211 g/mol. The highest BCUT2D eigenvalue weighted by molar-refractivity contribution is 4.91. The Morgan fingerprint density at radius 1 is 1.47 bits per heavy atom. The molecule has 0 saturated heterocycles. The summed E-state index contributed by atoms with van der Waals surface area (Å²) in [6.45, 7) is 9.06. The summed E-state index contributed by atoms with van der Waals surface area (Å²) >= 11 is 0. The normalized spacial score (nSPS) is 14.2. The van der Waals surface area contributed by atoms with Crippen LogP contribution in [0.4, 0.5) is 0 Å². The van der Waals surface area contributed by atoms with Gasteiger partial charge in [0.05, 0.1) is 6.10 Å². The summed E-state index contributed by atoms with van der Waals surface area (Å²) in [5, 5.41) is 14.2. The molecule has 0 fully saturated rings. The maximum Gasteiger partial charge on any atom is 0.138 e. The Bertz CT molecular complexity index is 307. The molecule has 1 unspecified atom stereocenters. The summed E-state index contributed by atoms with van der Waals surface area (Å²) in [5.74, 6) is 0.867. The number of hydrogen-bond acceptors (Lipinski definition) is 3. The van der Waals surface area contributed by atoms with Crippen molar-refractivity contribution in [3.05, 3.63) is 12.2 Å². The van der Waals surface area contributed by atoms with E-state index in [0.717, 1.165) is 18.8 Å². The fourth-order valence-electron chi connectivity index (χ4n) is 1.40. The van der Waals surface area contributed by atoms with Crippen molar-refractivity contribution in [2.75, 3.05) is 0 Å². The van der Waals surface area contributed by atoms with Crippen molar-refractivity contribution in [2.45, 2.75) is 53.2 Å². The fourth-order valence-corrected chi connectivity index (χ4v) is 1.40. The van der Waals surface area contributed by atoms with E-state index >= 15 is 0 Å². The molecule has 0 radical (unpaired) electrons. The Balaban J connectivity index is 2.70. The summed E-state index contributed by atoms with van der Waals surface area (Å²) in [7, 11) is 0. The van der Waals surface area contributed by atoms with Crippen LogP contribution in [0.25, 0.3) is 0 Å². The van der Waals surface area contributed by atoms with Gasteiger partial charge in [0.25, 0.3) is 0 Å². The minimum atomic E-state index is -0.364. The highest BCUT2D eigenvalue weighted by Crippen LogP contribution is 2.26. The number of aryl methyl sites for hydroxylation is 1. The smallest absolute Gasteiger partial charge is 0.138 e. The number of nitrogens with zero attached hydrogens (tertiary/aromatic N) is 3. The van der Waals surface area contributed by atoms with Crippen LogP contribution in [0.5, 0.6) is 0 Å². The molecule has 1 rings (SSSR count). The SMILES string of the molecule is CCn1ncnc1CC(O)C(C)(C)CC. The number of hydrogen-bond donors (Lipinski definition) is 1. The van der Waals surface area contributed by atoms with Crippen LogP contribution in [-0.2, 0) is 13.0 Å². The molecule has 0 aliphatic heterocycles. The molecule has 1 atom stereocenters. The molecule has 0 saturated carbocycles. The van der Waals surface area contributed by atoms with Crippen LogP contribution in [-0.4, -0.2) is 26.0 Å². The molecule has 1 N–H and O–H groups in total. The largest absolute Gasteiger partial charge is 0.392 e. The summed E-state index contributed by atoms with van der Waals surface area (Å²) in [6.07, 6.45) is 2.71. The quantitative estimate of drug-likeness (QED) is 0.805. The van der Waals surface area contributed by atoms with E-state index in [1.807, 2.05) is 11.6 Å². The van der Waals surface area contributed by atoms with Gasteiger partial charge in [0.2, 0.25) is 0 Å². The molecule has 0 bridgehead atoms. The van der Waals surface area contributed by atoms with Crippen LogP contribution < -0.4 is 0 Å². The topological polar surface area (TPSA) is 50.9 Å². The second-order valence-electron chi connectivity index (χ2n) is 4.55. The van der Waals surface area contributed by atoms with Gasteiger partial charge in [-0.15, -0.1) is 0 Å². The van der Waals surface area contributed by atoms with E-state index in [-0.39, 0.29) is 11.5 Å². The first-order chi connectivity index (χ1) is 7.01. The maximum absolute atomic E-state index is 10.1. The van der Waals surface area contributed by atoms with E-state index in [0.29, 0.717) is 6.42 Å². The molecule has 0 aliphatic carbocycles. The highest BCUT2D eigenvalue weighted by Gasteiger charge is 2.27. The van der Waals surface area contributed by atoms with E-state index in [9.17, 15) is 5.11 Å². The van der Waals surface area contributed by atoms with Crippen molar-refractivity contribution in [3.63, 3.8) is 0 Å². The Labute approximate surface area is 91.3 Å². The molecule has 1 heterocycles. The third kappa shape index (κ3) is 2.78. The summed E-state index contributed by atoms with van der Waals surface area (Å²) in [4.78, 5) is 4.17. The number of rotatable bonds is 5. The standard InChI is InChI=1S/C11H21N3O/c1-5-11(3,4)9(15)7-10-12-8-13-14(10)6-2/h8-9,15H,5-7H2,1-4H3. The molecule has 86 valence electrons. The van der Waals surface area contributed by atoms with E-state index in [2.05, 4.69) is 30.9 Å². The van der Waals surface area contributed by atoms with Crippen LogP contribution in [0.15, 0.2) is 6.33 Å². The monoisotopic (exact) mass is 211 g/mol. The molecule has 0 aliphatic rings. The van der Waals surface area contributed by atoms with E-state index in [1.165, 1.54) is 0 Å². The van der Waals surface area contributed by atoms with Crippen molar-refractivity contribution in [1.29, 1.82) is 0 Å². The molecule has 0 aromatic carbocycles. The lowest BCUT2D eigenvalue weighted by molar-refractivity contribution is 0.0455. The van der Waals surface area contributed by atoms with Crippen molar-refractivity contribution in [3.8, 4) is 0 Å². The Hall–Kier alpha value is -0.900. The molecule has 1 aromatic heterocycles. The van der Waals surface area contributed by atoms with E-state index < -0.39 is 0 Å². The van der Waals surface area contributed by atoms with Crippen molar-refractivity contribution in [2.24, 2.45) is 5.41 Å². The Kier molecular flexibility index (Phi) is 3.85. The summed E-state index contributed by atoms with van der Waals surface area (Å²) in [6, 6.07) is 0. The van der Waals surface area contributed by atoms with Crippen LogP contribution in [0, 0.1) is 5.41 Å². The number of aromatic nitrogens is 3. The first-order valence-corrected chi connectivity index (χ1v) is 5.56. The molecule has 4 heteroatoms. The van der Waals surface area contributed by atoms with Crippen molar-refractivity contribution in [1.82, 2.24) is 14.8 Å².